The molecule has 0 aromatic carbocycles. The predicted molar refractivity (Wildman–Crippen MR) is 64.8 cm³/mol. The number of halogens is 1. The van der Waals surface area contributed by atoms with E-state index in [1.165, 1.54) is 0 Å². The van der Waals surface area contributed by atoms with Crippen LogP contribution in [0.5, 0.6) is 0 Å². The molecule has 0 spiro atoms. The molecule has 2 N–H and O–H groups in total. The smallest absolute Gasteiger partial charge is 0.224 e. The third-order valence-electron chi connectivity index (χ3n) is 3.34. The van der Waals surface area contributed by atoms with Gasteiger partial charge in [0.2, 0.25) is 5.91 Å². The fourth-order valence-corrected chi connectivity index (χ4v) is 2.22. The average Bonchev–Trinajstić information content (AvgIpc) is 2.81. The summed E-state index contributed by atoms with van der Waals surface area (Å²) >= 11 is 0. The predicted octanol–water partition coefficient (Wildman–Crippen LogP) is 0.560. The Morgan fingerprint density at radius 1 is 1.31 bits per heavy atom. The van der Waals surface area contributed by atoms with Crippen LogP contribution in [0.3, 0.4) is 0 Å². The second-order valence-electron chi connectivity index (χ2n) is 4.49. The van der Waals surface area contributed by atoms with Crippen LogP contribution in [0.4, 0.5) is 0 Å². The average molecular weight is 249 g/mol. The molecule has 5 heteroatoms. The summed E-state index contributed by atoms with van der Waals surface area (Å²) in [5.74, 6) is 1.05. The minimum Gasteiger partial charge on any atom is -0.381 e. The Bertz CT molecular complexity index is 214. The van der Waals surface area contributed by atoms with Gasteiger partial charge >= 0.3 is 0 Å². The zero-order valence-corrected chi connectivity index (χ0v) is 10.4. The molecular formula is C11H21ClN2O2. The maximum Gasteiger partial charge on any atom is 0.224 e. The van der Waals surface area contributed by atoms with E-state index in [0.29, 0.717) is 5.92 Å². The fraction of sp³-hybridized carbons (Fsp3) is 0.909. The quantitative estimate of drug-likeness (QED) is 0.768. The van der Waals surface area contributed by atoms with Crippen molar-refractivity contribution >= 4 is 18.3 Å². The molecule has 1 amide bonds. The van der Waals surface area contributed by atoms with Crippen molar-refractivity contribution in [2.24, 2.45) is 11.8 Å². The SMILES string of the molecule is Cl.O=C(NCC1CCOCC1)[C@H]1CCNC1. The number of carbonyl (C=O) groups excluding carboxylic acids is 1. The summed E-state index contributed by atoms with van der Waals surface area (Å²) in [5.41, 5.74) is 0. The van der Waals surface area contributed by atoms with E-state index in [4.69, 9.17) is 4.74 Å². The second-order valence-corrected chi connectivity index (χ2v) is 4.49. The standard InChI is InChI=1S/C11H20N2O2.ClH/c14-11(10-1-4-12-8-10)13-7-9-2-5-15-6-3-9;/h9-10,12H,1-8H2,(H,13,14);1H/t10-;/m0./s1. The van der Waals surface area contributed by atoms with Crippen LogP contribution in [0, 0.1) is 11.8 Å². The van der Waals surface area contributed by atoms with Crippen molar-refractivity contribution in [1.82, 2.24) is 10.6 Å². The van der Waals surface area contributed by atoms with Gasteiger partial charge in [-0.1, -0.05) is 0 Å². The van der Waals surface area contributed by atoms with Crippen molar-refractivity contribution in [2.75, 3.05) is 32.8 Å². The van der Waals surface area contributed by atoms with E-state index in [1.54, 1.807) is 0 Å². The van der Waals surface area contributed by atoms with E-state index < -0.39 is 0 Å². The van der Waals surface area contributed by atoms with Crippen LogP contribution >= 0.6 is 12.4 Å². The molecule has 0 aromatic rings. The van der Waals surface area contributed by atoms with Gasteiger partial charge in [-0.3, -0.25) is 4.79 Å². The van der Waals surface area contributed by atoms with Gasteiger partial charge in [-0.15, -0.1) is 12.4 Å². The second kappa shape index (κ2) is 7.09. The van der Waals surface area contributed by atoms with Gasteiger partial charge < -0.3 is 15.4 Å². The van der Waals surface area contributed by atoms with Gasteiger partial charge in [0.05, 0.1) is 5.92 Å². The normalized spacial score (nSPS) is 26.1. The van der Waals surface area contributed by atoms with Gasteiger partial charge in [0.25, 0.3) is 0 Å². The number of amides is 1. The molecule has 2 aliphatic heterocycles. The molecule has 0 aromatic heterocycles. The van der Waals surface area contributed by atoms with Crippen LogP contribution in [-0.4, -0.2) is 38.8 Å². The van der Waals surface area contributed by atoms with E-state index in [0.717, 1.165) is 52.1 Å². The zero-order valence-electron chi connectivity index (χ0n) is 9.54. The topological polar surface area (TPSA) is 50.4 Å². The molecule has 2 rings (SSSR count). The van der Waals surface area contributed by atoms with E-state index in [2.05, 4.69) is 10.6 Å². The number of hydrogen-bond donors (Lipinski definition) is 2. The van der Waals surface area contributed by atoms with Gasteiger partial charge in [-0.25, -0.2) is 0 Å². The first-order valence-electron chi connectivity index (χ1n) is 5.92. The van der Waals surface area contributed by atoms with Gasteiger partial charge in [0.1, 0.15) is 0 Å². The first-order valence-corrected chi connectivity index (χ1v) is 5.92. The van der Waals surface area contributed by atoms with E-state index in [-0.39, 0.29) is 24.2 Å². The first-order chi connectivity index (χ1) is 7.36. The van der Waals surface area contributed by atoms with Crippen LogP contribution in [0.1, 0.15) is 19.3 Å². The monoisotopic (exact) mass is 248 g/mol. The molecule has 2 aliphatic rings. The molecule has 0 radical (unpaired) electrons. The molecule has 2 fully saturated rings. The number of nitrogens with one attached hydrogen (secondary N) is 2. The highest BCUT2D eigenvalue weighted by atomic mass is 35.5. The van der Waals surface area contributed by atoms with Gasteiger partial charge in [0, 0.05) is 26.3 Å². The Kier molecular flexibility index (Phi) is 6.09. The zero-order chi connectivity index (χ0) is 10.5. The molecule has 1 atom stereocenters. The lowest BCUT2D eigenvalue weighted by molar-refractivity contribution is -0.124. The Morgan fingerprint density at radius 2 is 2.06 bits per heavy atom. The lowest BCUT2D eigenvalue weighted by atomic mass is 10.00. The summed E-state index contributed by atoms with van der Waals surface area (Å²) in [6.45, 7) is 4.37. The van der Waals surface area contributed by atoms with Crippen molar-refractivity contribution < 1.29 is 9.53 Å². The molecule has 94 valence electrons. The Balaban J connectivity index is 0.00000128. The van der Waals surface area contributed by atoms with Gasteiger partial charge in [0.15, 0.2) is 0 Å². The van der Waals surface area contributed by atoms with Crippen LogP contribution in [0.25, 0.3) is 0 Å². The summed E-state index contributed by atoms with van der Waals surface area (Å²) in [6.07, 6.45) is 3.16. The summed E-state index contributed by atoms with van der Waals surface area (Å²) in [4.78, 5) is 11.7. The minimum absolute atomic E-state index is 0. The maximum atomic E-state index is 11.7. The first kappa shape index (κ1) is 13.7. The summed E-state index contributed by atoms with van der Waals surface area (Å²) in [5, 5.41) is 6.27. The van der Waals surface area contributed by atoms with Crippen LogP contribution < -0.4 is 10.6 Å². The molecule has 0 aliphatic carbocycles. The largest absolute Gasteiger partial charge is 0.381 e. The molecule has 16 heavy (non-hydrogen) atoms. The van der Waals surface area contributed by atoms with Crippen LogP contribution in [-0.2, 0) is 9.53 Å². The Labute approximate surface area is 103 Å². The van der Waals surface area contributed by atoms with E-state index in [1.807, 2.05) is 0 Å². The van der Waals surface area contributed by atoms with Crippen molar-refractivity contribution in [1.29, 1.82) is 0 Å². The fourth-order valence-electron chi connectivity index (χ4n) is 2.22. The molecular weight excluding hydrogens is 228 g/mol. The number of hydrogen-bond acceptors (Lipinski definition) is 3. The van der Waals surface area contributed by atoms with Crippen LogP contribution in [0.2, 0.25) is 0 Å². The molecule has 2 saturated heterocycles. The third-order valence-corrected chi connectivity index (χ3v) is 3.34. The Hall–Kier alpha value is -0.320. The minimum atomic E-state index is 0. The van der Waals surface area contributed by atoms with Crippen molar-refractivity contribution in [3.63, 3.8) is 0 Å². The summed E-state index contributed by atoms with van der Waals surface area (Å²) < 4.78 is 5.28. The Morgan fingerprint density at radius 3 is 2.69 bits per heavy atom. The molecule has 0 bridgehead atoms. The van der Waals surface area contributed by atoms with Gasteiger partial charge in [-0.2, -0.15) is 0 Å². The van der Waals surface area contributed by atoms with E-state index >= 15 is 0 Å². The summed E-state index contributed by atoms with van der Waals surface area (Å²) in [6, 6.07) is 0. The van der Waals surface area contributed by atoms with Crippen molar-refractivity contribution in [2.45, 2.75) is 19.3 Å². The molecule has 4 nitrogen and oxygen atoms in total. The van der Waals surface area contributed by atoms with Crippen molar-refractivity contribution in [3.05, 3.63) is 0 Å². The lowest BCUT2D eigenvalue weighted by Crippen LogP contribution is -2.36. The molecule has 2 heterocycles. The maximum absolute atomic E-state index is 11.7. The molecule has 0 saturated carbocycles. The number of rotatable bonds is 3. The van der Waals surface area contributed by atoms with E-state index in [9.17, 15) is 4.79 Å². The number of ether oxygens (including phenoxy) is 1. The third kappa shape index (κ3) is 3.92. The highest BCUT2D eigenvalue weighted by Crippen LogP contribution is 2.14. The molecule has 0 unspecified atom stereocenters. The lowest BCUT2D eigenvalue weighted by Gasteiger charge is -2.22. The highest BCUT2D eigenvalue weighted by Gasteiger charge is 2.23. The summed E-state index contributed by atoms with van der Waals surface area (Å²) in [7, 11) is 0. The van der Waals surface area contributed by atoms with Crippen molar-refractivity contribution in [3.8, 4) is 0 Å². The highest BCUT2D eigenvalue weighted by molar-refractivity contribution is 5.85. The number of carbonyl (C=O) groups is 1. The van der Waals surface area contributed by atoms with Crippen LogP contribution in [0.15, 0.2) is 0 Å². The van der Waals surface area contributed by atoms with Gasteiger partial charge in [-0.05, 0) is 31.7 Å².